The van der Waals surface area contributed by atoms with E-state index in [1.54, 1.807) is 19.0 Å². The summed E-state index contributed by atoms with van der Waals surface area (Å²) in [6.45, 7) is 1.38. The first-order valence-corrected chi connectivity index (χ1v) is 9.10. The van der Waals surface area contributed by atoms with E-state index in [-0.39, 0.29) is 42.5 Å². The van der Waals surface area contributed by atoms with Gasteiger partial charge in [-0.25, -0.2) is 4.99 Å². The highest BCUT2D eigenvalue weighted by atomic mass is 127. The van der Waals surface area contributed by atoms with Crippen LogP contribution in [0.4, 0.5) is 0 Å². The maximum atomic E-state index is 12.0. The van der Waals surface area contributed by atoms with Crippen molar-refractivity contribution >= 4 is 35.8 Å². The minimum absolute atomic E-state index is 0. The number of carbonyl (C=O) groups excluding carboxylic acids is 1. The maximum Gasteiger partial charge on any atom is 0.241 e. The lowest BCUT2D eigenvalue weighted by Crippen LogP contribution is -2.45. The van der Waals surface area contributed by atoms with Crippen LogP contribution in [-0.4, -0.2) is 48.6 Å². The highest BCUT2D eigenvalue weighted by Gasteiger charge is 2.22. The predicted octanol–water partition coefficient (Wildman–Crippen LogP) is 2.29. The molecule has 0 bridgehead atoms. The van der Waals surface area contributed by atoms with Gasteiger partial charge in [0.25, 0.3) is 0 Å². The summed E-state index contributed by atoms with van der Waals surface area (Å²) >= 11 is 0. The van der Waals surface area contributed by atoms with Gasteiger partial charge in [0.1, 0.15) is 5.75 Å². The molecule has 2 aromatic rings. The smallest absolute Gasteiger partial charge is 0.241 e. The van der Waals surface area contributed by atoms with Gasteiger partial charge in [-0.3, -0.25) is 4.79 Å². The van der Waals surface area contributed by atoms with Crippen molar-refractivity contribution in [2.24, 2.45) is 12.0 Å². The lowest BCUT2D eigenvalue weighted by atomic mass is 10.0. The lowest BCUT2D eigenvalue weighted by molar-refractivity contribution is -0.127. The van der Waals surface area contributed by atoms with Gasteiger partial charge in [-0.15, -0.1) is 24.0 Å². The number of benzene rings is 1. The normalized spacial score (nSPS) is 15.7. The average Bonchev–Trinajstić information content (AvgIpc) is 3.09. The number of nitrogens with zero attached hydrogens (tertiary/aromatic N) is 3. The summed E-state index contributed by atoms with van der Waals surface area (Å²) in [5.41, 5.74) is 2.22. The number of likely N-dealkylation sites (N-methyl/N-ethyl adjacent to an activating group) is 1. The van der Waals surface area contributed by atoms with E-state index in [1.165, 1.54) is 0 Å². The minimum atomic E-state index is -0.00316. The van der Waals surface area contributed by atoms with Crippen LogP contribution in [-0.2, 0) is 18.4 Å². The molecule has 0 saturated carbocycles. The number of guanidine groups is 1. The monoisotopic (exact) mass is 497 g/mol. The van der Waals surface area contributed by atoms with E-state index in [0.29, 0.717) is 19.1 Å². The average molecular weight is 497 g/mol. The number of fused-ring (bicyclic) bond motifs is 1. The van der Waals surface area contributed by atoms with Crippen LogP contribution in [0.5, 0.6) is 5.75 Å². The van der Waals surface area contributed by atoms with E-state index >= 15 is 0 Å². The zero-order chi connectivity index (χ0) is 19.2. The number of aliphatic imine (C=N–C) groups is 1. The summed E-state index contributed by atoms with van der Waals surface area (Å²) in [6, 6.07) is 10.1. The van der Waals surface area contributed by atoms with Crippen LogP contribution < -0.4 is 15.4 Å². The molecule has 7 nitrogen and oxygen atoms in total. The van der Waals surface area contributed by atoms with Crippen molar-refractivity contribution < 1.29 is 9.53 Å². The molecule has 1 aliphatic rings. The van der Waals surface area contributed by atoms with Gasteiger partial charge in [-0.1, -0.05) is 18.2 Å². The van der Waals surface area contributed by atoms with Gasteiger partial charge in [0.2, 0.25) is 5.91 Å². The van der Waals surface area contributed by atoms with Crippen LogP contribution in [0.2, 0.25) is 0 Å². The van der Waals surface area contributed by atoms with Crippen molar-refractivity contribution in [2.45, 2.75) is 19.0 Å². The highest BCUT2D eigenvalue weighted by Crippen LogP contribution is 2.31. The second-order valence-electron chi connectivity index (χ2n) is 6.86. The van der Waals surface area contributed by atoms with Gasteiger partial charge in [-0.05, 0) is 17.7 Å². The summed E-state index contributed by atoms with van der Waals surface area (Å²) in [6.07, 6.45) is 4.87. The highest BCUT2D eigenvalue weighted by molar-refractivity contribution is 14.0. The first-order chi connectivity index (χ1) is 13.0. The van der Waals surface area contributed by atoms with E-state index in [0.717, 1.165) is 23.3 Å². The predicted molar refractivity (Wildman–Crippen MR) is 121 cm³/mol. The third-order valence-corrected chi connectivity index (χ3v) is 4.49. The molecule has 0 fully saturated rings. The Morgan fingerprint density at radius 2 is 2.11 bits per heavy atom. The van der Waals surface area contributed by atoms with Crippen LogP contribution in [0.15, 0.2) is 47.7 Å². The number of aryl methyl sites for hydroxylation is 1. The molecule has 0 aliphatic carbocycles. The van der Waals surface area contributed by atoms with Gasteiger partial charge in [0, 0.05) is 45.5 Å². The number of carbonyl (C=O) groups is 1. The molecule has 152 valence electrons. The molecule has 1 aromatic carbocycles. The maximum absolute atomic E-state index is 12.0. The molecule has 1 aromatic heterocycles. The molecule has 2 N–H and O–H groups in total. The molecule has 0 radical (unpaired) electrons. The Kier molecular flexibility index (Phi) is 8.16. The molecule has 1 atom stereocenters. The molecule has 8 heteroatoms. The fraction of sp³-hybridized carbons (Fsp3) is 0.400. The molecular weight excluding hydrogens is 469 g/mol. The Balaban J connectivity index is 0.00000280. The first-order valence-electron chi connectivity index (χ1n) is 9.10. The summed E-state index contributed by atoms with van der Waals surface area (Å²) < 4.78 is 7.73. The third-order valence-electron chi connectivity index (χ3n) is 4.49. The van der Waals surface area contributed by atoms with Crippen LogP contribution in [0, 0.1) is 0 Å². The number of para-hydroxylation sites is 1. The van der Waals surface area contributed by atoms with Crippen molar-refractivity contribution in [3.05, 3.63) is 53.9 Å². The van der Waals surface area contributed by atoms with E-state index < -0.39 is 0 Å². The molecule has 28 heavy (non-hydrogen) atoms. The van der Waals surface area contributed by atoms with Gasteiger partial charge in [-0.2, -0.15) is 0 Å². The molecular formula is C20H28IN5O2. The zero-order valence-corrected chi connectivity index (χ0v) is 18.8. The van der Waals surface area contributed by atoms with Crippen molar-refractivity contribution in [3.63, 3.8) is 0 Å². The first kappa shape index (κ1) is 22.1. The number of hydrogen-bond acceptors (Lipinski definition) is 3. The third kappa shape index (κ3) is 5.88. The minimum Gasteiger partial charge on any atom is -0.493 e. The molecule has 1 aliphatic heterocycles. The van der Waals surface area contributed by atoms with Crippen LogP contribution in [0.3, 0.4) is 0 Å². The number of rotatable bonds is 5. The number of halogens is 1. The van der Waals surface area contributed by atoms with Gasteiger partial charge in [0.15, 0.2) is 5.96 Å². The number of nitrogens with one attached hydrogen (secondary N) is 2. The Morgan fingerprint density at radius 3 is 2.82 bits per heavy atom. The Hall–Kier alpha value is -2.23. The van der Waals surface area contributed by atoms with E-state index in [4.69, 9.17) is 4.74 Å². The standard InChI is InChI=1S/C20H27N5O2.HI/c1-24(2)19(26)13-22-20(21-12-15-8-10-25(3)14-15)23-17-9-11-27-18-7-5-4-6-16(17)18;/h4-8,10,14,17H,9,11-13H2,1-3H3,(H2,21,22,23);1H. The van der Waals surface area contributed by atoms with Crippen molar-refractivity contribution in [2.75, 3.05) is 27.2 Å². The van der Waals surface area contributed by atoms with Crippen molar-refractivity contribution in [1.82, 2.24) is 20.1 Å². The summed E-state index contributed by atoms with van der Waals surface area (Å²) in [4.78, 5) is 18.2. The lowest BCUT2D eigenvalue weighted by Gasteiger charge is -2.28. The van der Waals surface area contributed by atoms with Crippen LogP contribution in [0.1, 0.15) is 23.6 Å². The second kappa shape index (κ2) is 10.4. The summed E-state index contributed by atoms with van der Waals surface area (Å²) in [5, 5.41) is 6.62. The summed E-state index contributed by atoms with van der Waals surface area (Å²) in [5.74, 6) is 1.51. The van der Waals surface area contributed by atoms with Gasteiger partial charge in [0.05, 0.1) is 25.7 Å². The number of aromatic nitrogens is 1. The molecule has 1 unspecified atom stereocenters. The van der Waals surface area contributed by atoms with E-state index in [9.17, 15) is 4.79 Å². The van der Waals surface area contributed by atoms with E-state index in [2.05, 4.69) is 21.7 Å². The number of ether oxygens (including phenoxy) is 1. The second-order valence-corrected chi connectivity index (χ2v) is 6.86. The fourth-order valence-corrected chi connectivity index (χ4v) is 2.95. The fourth-order valence-electron chi connectivity index (χ4n) is 2.95. The van der Waals surface area contributed by atoms with E-state index in [1.807, 2.05) is 48.3 Å². The quantitative estimate of drug-likeness (QED) is 0.378. The van der Waals surface area contributed by atoms with Crippen molar-refractivity contribution in [3.8, 4) is 5.75 Å². The Morgan fingerprint density at radius 1 is 1.32 bits per heavy atom. The number of hydrogen-bond donors (Lipinski definition) is 2. The SMILES string of the molecule is CN(C)C(=O)CNC(=NCc1ccn(C)c1)NC1CCOc2ccccc21.I. The topological polar surface area (TPSA) is 70.9 Å². The Labute approximate surface area is 183 Å². The zero-order valence-electron chi connectivity index (χ0n) is 16.5. The summed E-state index contributed by atoms with van der Waals surface area (Å²) in [7, 11) is 5.47. The van der Waals surface area contributed by atoms with Crippen LogP contribution >= 0.6 is 24.0 Å². The van der Waals surface area contributed by atoms with Gasteiger partial charge < -0.3 is 24.8 Å². The molecule has 3 rings (SSSR count). The molecule has 0 spiro atoms. The Bertz CT molecular complexity index is 818. The van der Waals surface area contributed by atoms with Crippen LogP contribution in [0.25, 0.3) is 0 Å². The number of amides is 1. The van der Waals surface area contributed by atoms with Crippen molar-refractivity contribution in [1.29, 1.82) is 0 Å². The molecule has 1 amide bonds. The largest absolute Gasteiger partial charge is 0.493 e. The molecule has 0 saturated heterocycles. The van der Waals surface area contributed by atoms with Gasteiger partial charge >= 0.3 is 0 Å². The molecule has 2 heterocycles.